The van der Waals surface area contributed by atoms with Gasteiger partial charge in [0.25, 0.3) is 11.8 Å². The maximum Gasteiger partial charge on any atom is 0.352 e. The second-order valence-electron chi connectivity index (χ2n) is 6.37. The number of aromatic nitrogens is 2. The average molecular weight is 490 g/mol. The fourth-order valence-corrected chi connectivity index (χ4v) is 6.81. The molecule has 0 saturated carbocycles. The molecular weight excluding hydrogens is 474 g/mol. The number of thioether (sulfide) groups is 2. The van der Waals surface area contributed by atoms with Crippen LogP contribution in [0.4, 0.5) is 0 Å². The standard InChI is InChI=1S/C15H15N5O6S4/c1-6-18-19-15(29-6)28-5-7-4-27-13-9(12(22)20(13)10(7)14(23)24)17-11(21)8(3-16)30(2,25)26/h8-9,13H,4-5H2,1-2H3,(H,17,21)(H,23,24)/t8?,9?,13-/m0/s1. The second kappa shape index (κ2) is 8.53. The van der Waals surface area contributed by atoms with Crippen molar-refractivity contribution in [3.05, 3.63) is 16.3 Å². The molecule has 2 amide bonds. The van der Waals surface area contributed by atoms with E-state index >= 15 is 0 Å². The summed E-state index contributed by atoms with van der Waals surface area (Å²) in [6.45, 7) is 1.80. The lowest BCUT2D eigenvalue weighted by Gasteiger charge is -2.49. The van der Waals surface area contributed by atoms with Crippen LogP contribution >= 0.6 is 34.9 Å². The van der Waals surface area contributed by atoms with Crippen LogP contribution in [0.1, 0.15) is 5.01 Å². The van der Waals surface area contributed by atoms with Gasteiger partial charge in [-0.3, -0.25) is 14.5 Å². The number of hydrogen-bond donors (Lipinski definition) is 2. The number of sulfone groups is 1. The van der Waals surface area contributed by atoms with Crippen molar-refractivity contribution in [2.45, 2.75) is 27.9 Å². The molecule has 3 atom stereocenters. The van der Waals surface area contributed by atoms with Crippen LogP contribution in [0.15, 0.2) is 15.6 Å². The Kier molecular flexibility index (Phi) is 6.41. The van der Waals surface area contributed by atoms with Crippen LogP contribution in [0.3, 0.4) is 0 Å². The molecule has 2 unspecified atom stereocenters. The highest BCUT2D eigenvalue weighted by Crippen LogP contribution is 2.41. The molecule has 160 valence electrons. The molecule has 0 aromatic carbocycles. The number of carboxylic acids is 1. The normalized spacial score (nSPS) is 22.0. The number of aryl methyl sites for hydroxylation is 1. The minimum absolute atomic E-state index is 0.150. The smallest absolute Gasteiger partial charge is 0.352 e. The van der Waals surface area contributed by atoms with Gasteiger partial charge in [-0.05, 0) is 12.5 Å². The second-order valence-corrected chi connectivity index (χ2v) is 12.0. The zero-order valence-electron chi connectivity index (χ0n) is 15.6. The van der Waals surface area contributed by atoms with Crippen LogP contribution < -0.4 is 5.32 Å². The van der Waals surface area contributed by atoms with Gasteiger partial charge in [0, 0.05) is 17.8 Å². The Morgan fingerprint density at radius 3 is 2.70 bits per heavy atom. The number of amides is 2. The summed E-state index contributed by atoms with van der Waals surface area (Å²) in [4.78, 5) is 37.6. The molecule has 1 saturated heterocycles. The summed E-state index contributed by atoms with van der Waals surface area (Å²) in [5, 5.41) is 26.9. The van der Waals surface area contributed by atoms with Crippen molar-refractivity contribution < 1.29 is 27.9 Å². The monoisotopic (exact) mass is 489 g/mol. The molecule has 0 aliphatic carbocycles. The van der Waals surface area contributed by atoms with Crippen molar-refractivity contribution in [2.75, 3.05) is 17.8 Å². The van der Waals surface area contributed by atoms with Crippen LogP contribution in [0, 0.1) is 18.3 Å². The van der Waals surface area contributed by atoms with Crippen LogP contribution in [0.5, 0.6) is 0 Å². The van der Waals surface area contributed by atoms with Gasteiger partial charge in [0.1, 0.15) is 22.1 Å². The lowest BCUT2D eigenvalue weighted by Crippen LogP contribution is -2.71. The van der Waals surface area contributed by atoms with Crippen molar-refractivity contribution in [3.63, 3.8) is 0 Å². The number of carbonyl (C=O) groups excluding carboxylic acids is 2. The minimum atomic E-state index is -3.98. The first-order valence-corrected chi connectivity index (χ1v) is 13.1. The number of carbonyl (C=O) groups is 3. The van der Waals surface area contributed by atoms with E-state index < -0.39 is 44.3 Å². The van der Waals surface area contributed by atoms with Gasteiger partial charge >= 0.3 is 5.97 Å². The predicted molar refractivity (Wildman–Crippen MR) is 109 cm³/mol. The largest absolute Gasteiger partial charge is 0.477 e. The number of nitrogens with zero attached hydrogens (tertiary/aromatic N) is 4. The third-order valence-corrected chi connectivity index (χ3v) is 8.78. The maximum absolute atomic E-state index is 12.6. The zero-order chi connectivity index (χ0) is 22.2. The Morgan fingerprint density at radius 2 is 2.17 bits per heavy atom. The number of aliphatic carboxylic acids is 1. The van der Waals surface area contributed by atoms with Gasteiger partial charge < -0.3 is 10.4 Å². The number of carboxylic acid groups (broad SMARTS) is 1. The molecule has 15 heteroatoms. The summed E-state index contributed by atoms with van der Waals surface area (Å²) in [7, 11) is -3.98. The molecule has 3 heterocycles. The summed E-state index contributed by atoms with van der Waals surface area (Å²) in [5.74, 6) is -2.43. The average Bonchev–Trinajstić information content (AvgIpc) is 3.08. The fraction of sp³-hybridized carbons (Fsp3) is 0.467. The summed E-state index contributed by atoms with van der Waals surface area (Å²) < 4.78 is 23.8. The number of hydrogen-bond acceptors (Lipinski definition) is 11. The molecule has 0 bridgehead atoms. The Hall–Kier alpha value is -2.15. The van der Waals surface area contributed by atoms with Gasteiger partial charge in [-0.2, -0.15) is 5.26 Å². The number of rotatable bonds is 7. The van der Waals surface area contributed by atoms with E-state index in [9.17, 15) is 27.9 Å². The topological polar surface area (TPSA) is 170 Å². The predicted octanol–water partition coefficient (Wildman–Crippen LogP) is -0.386. The third-order valence-electron chi connectivity index (χ3n) is 4.21. The molecule has 3 rings (SSSR count). The number of nitriles is 1. The van der Waals surface area contributed by atoms with Gasteiger partial charge in [0.15, 0.2) is 14.2 Å². The molecule has 2 aliphatic rings. The molecule has 0 spiro atoms. The highest BCUT2D eigenvalue weighted by atomic mass is 32.2. The molecule has 2 aliphatic heterocycles. The molecule has 1 fully saturated rings. The van der Waals surface area contributed by atoms with E-state index in [4.69, 9.17) is 5.26 Å². The fourth-order valence-electron chi connectivity index (χ4n) is 2.86. The van der Waals surface area contributed by atoms with Crippen molar-refractivity contribution in [2.24, 2.45) is 0 Å². The summed E-state index contributed by atoms with van der Waals surface area (Å²) in [6, 6.07) is 0.300. The van der Waals surface area contributed by atoms with E-state index in [1.54, 1.807) is 6.92 Å². The Balaban J connectivity index is 1.75. The summed E-state index contributed by atoms with van der Waals surface area (Å²) in [6.07, 6.45) is 0.749. The van der Waals surface area contributed by atoms with E-state index in [-0.39, 0.29) is 5.70 Å². The van der Waals surface area contributed by atoms with Crippen LogP contribution in [-0.2, 0) is 24.2 Å². The van der Waals surface area contributed by atoms with Crippen LogP contribution in [-0.4, -0.2) is 80.8 Å². The van der Waals surface area contributed by atoms with Crippen molar-refractivity contribution >= 4 is 62.5 Å². The molecule has 2 N–H and O–H groups in total. The molecular formula is C15H15N5O6S4. The Bertz CT molecular complexity index is 1090. The van der Waals surface area contributed by atoms with Crippen molar-refractivity contribution in [1.29, 1.82) is 5.26 Å². The van der Waals surface area contributed by atoms with Gasteiger partial charge in [-0.25, -0.2) is 13.2 Å². The lowest BCUT2D eigenvalue weighted by atomic mass is 10.0. The van der Waals surface area contributed by atoms with Gasteiger partial charge in [0.2, 0.25) is 5.25 Å². The summed E-state index contributed by atoms with van der Waals surface area (Å²) in [5.41, 5.74) is 0.383. The minimum Gasteiger partial charge on any atom is -0.477 e. The quantitative estimate of drug-likeness (QED) is 0.378. The number of nitrogens with one attached hydrogen (secondary N) is 1. The first-order chi connectivity index (χ1) is 14.0. The van der Waals surface area contributed by atoms with Crippen molar-refractivity contribution in [3.8, 4) is 6.07 Å². The van der Waals surface area contributed by atoms with E-state index in [0.717, 1.165) is 16.2 Å². The number of β-lactam (4-membered cyclic amide) rings is 1. The zero-order valence-corrected chi connectivity index (χ0v) is 18.8. The Labute approximate surface area is 183 Å². The first-order valence-electron chi connectivity index (χ1n) is 8.26. The van der Waals surface area contributed by atoms with Gasteiger partial charge in [-0.1, -0.05) is 23.1 Å². The Morgan fingerprint density at radius 1 is 1.47 bits per heavy atom. The lowest BCUT2D eigenvalue weighted by molar-refractivity contribution is -0.150. The van der Waals surface area contributed by atoms with Gasteiger partial charge in [-0.15, -0.1) is 22.0 Å². The molecule has 30 heavy (non-hydrogen) atoms. The summed E-state index contributed by atoms with van der Waals surface area (Å²) >= 11 is 3.95. The maximum atomic E-state index is 12.6. The molecule has 1 aromatic rings. The van der Waals surface area contributed by atoms with E-state index in [2.05, 4.69) is 15.5 Å². The van der Waals surface area contributed by atoms with Crippen molar-refractivity contribution in [1.82, 2.24) is 20.4 Å². The third kappa shape index (κ3) is 4.31. The highest BCUT2D eigenvalue weighted by Gasteiger charge is 2.54. The molecule has 11 nitrogen and oxygen atoms in total. The first kappa shape index (κ1) is 22.5. The SMILES string of the molecule is Cc1nnc(SCC2=C(C(=O)O)N3C(=O)C(NC(=O)C(C#N)S(C)(=O)=O)[C@@H]3SC2)s1. The molecule has 1 aromatic heterocycles. The molecule has 0 radical (unpaired) electrons. The van der Waals surface area contributed by atoms with Gasteiger partial charge in [0.05, 0.1) is 6.07 Å². The van der Waals surface area contributed by atoms with Crippen LogP contribution in [0.2, 0.25) is 0 Å². The van der Waals surface area contributed by atoms with E-state index in [1.807, 2.05) is 0 Å². The van der Waals surface area contributed by atoms with Crippen LogP contribution in [0.25, 0.3) is 0 Å². The highest BCUT2D eigenvalue weighted by molar-refractivity contribution is 8.01. The van der Waals surface area contributed by atoms with E-state index in [0.29, 0.717) is 21.4 Å². The number of fused-ring (bicyclic) bond motifs is 1. The van der Waals surface area contributed by atoms with E-state index in [1.165, 1.54) is 40.9 Å².